The molecule has 1 aliphatic heterocycles. The van der Waals surface area contributed by atoms with Crippen molar-refractivity contribution in [3.63, 3.8) is 0 Å². The van der Waals surface area contributed by atoms with E-state index in [1.54, 1.807) is 20.3 Å². The molecule has 30 heavy (non-hydrogen) atoms. The molecule has 0 aliphatic carbocycles. The van der Waals surface area contributed by atoms with Crippen LogP contribution in [0.15, 0.2) is 52.1 Å². The predicted octanol–water partition coefficient (Wildman–Crippen LogP) is 1.99. The van der Waals surface area contributed by atoms with Gasteiger partial charge in [0.05, 0.1) is 25.2 Å². The minimum absolute atomic E-state index is 0.401. The maximum Gasteiger partial charge on any atom is 0.216 e. The summed E-state index contributed by atoms with van der Waals surface area (Å²) in [4.78, 5) is 6.78. The highest BCUT2D eigenvalue weighted by Gasteiger charge is 2.34. The Morgan fingerprint density at radius 2 is 2.10 bits per heavy atom. The van der Waals surface area contributed by atoms with Gasteiger partial charge in [-0.1, -0.05) is 19.1 Å². The molecule has 1 aliphatic rings. The number of methoxy groups -OCH3 is 1. The fourth-order valence-electron chi connectivity index (χ4n) is 3.41. The van der Waals surface area contributed by atoms with Gasteiger partial charge in [0.1, 0.15) is 11.5 Å². The maximum atomic E-state index is 12.4. The average Bonchev–Trinajstić information content (AvgIpc) is 3.43. The van der Waals surface area contributed by atoms with Crippen molar-refractivity contribution in [3.05, 3.63) is 54.0 Å². The molecule has 8 nitrogen and oxygen atoms in total. The summed E-state index contributed by atoms with van der Waals surface area (Å²) < 4.78 is 38.0. The number of rotatable bonds is 9. The third-order valence-corrected chi connectivity index (χ3v) is 6.99. The molecular formula is C21H30N4O4S. The van der Waals surface area contributed by atoms with Crippen molar-refractivity contribution in [3.8, 4) is 5.75 Å². The fourth-order valence-corrected chi connectivity index (χ4v) is 4.84. The molecule has 0 radical (unpaired) electrons. The van der Waals surface area contributed by atoms with Crippen molar-refractivity contribution in [1.82, 2.24) is 14.9 Å². The van der Waals surface area contributed by atoms with E-state index >= 15 is 0 Å². The molecule has 0 spiro atoms. The van der Waals surface area contributed by atoms with Crippen LogP contribution in [0.1, 0.15) is 24.7 Å². The van der Waals surface area contributed by atoms with Gasteiger partial charge in [0.25, 0.3) is 0 Å². The van der Waals surface area contributed by atoms with Crippen molar-refractivity contribution in [2.45, 2.75) is 31.6 Å². The molecule has 1 saturated heterocycles. The molecule has 1 aromatic heterocycles. The molecule has 2 aromatic rings. The Labute approximate surface area is 178 Å². The van der Waals surface area contributed by atoms with Crippen molar-refractivity contribution >= 4 is 16.0 Å². The summed E-state index contributed by atoms with van der Waals surface area (Å²) in [7, 11) is -1.67. The van der Waals surface area contributed by atoms with Crippen LogP contribution < -0.4 is 14.8 Å². The first-order valence-corrected chi connectivity index (χ1v) is 11.7. The van der Waals surface area contributed by atoms with Crippen LogP contribution in [0, 0.1) is 0 Å². The van der Waals surface area contributed by atoms with Gasteiger partial charge in [0.15, 0.2) is 5.96 Å². The van der Waals surface area contributed by atoms with Crippen molar-refractivity contribution in [1.29, 1.82) is 0 Å². The largest absolute Gasteiger partial charge is 0.497 e. The van der Waals surface area contributed by atoms with Gasteiger partial charge < -0.3 is 19.4 Å². The zero-order valence-electron chi connectivity index (χ0n) is 17.5. The highest BCUT2D eigenvalue weighted by atomic mass is 32.2. The zero-order chi connectivity index (χ0) is 21.4. The normalized spacial score (nSPS) is 17.3. The number of nitrogens with one attached hydrogen (secondary N) is 2. The number of furan rings is 1. The summed E-state index contributed by atoms with van der Waals surface area (Å²) in [6, 6.07) is 11.6. The van der Waals surface area contributed by atoms with Crippen LogP contribution in [-0.4, -0.2) is 57.8 Å². The van der Waals surface area contributed by atoms with Crippen LogP contribution in [0.25, 0.3) is 0 Å². The Morgan fingerprint density at radius 3 is 2.77 bits per heavy atom. The van der Waals surface area contributed by atoms with Gasteiger partial charge in [-0.25, -0.2) is 18.1 Å². The third kappa shape index (κ3) is 5.99. The second-order valence-electron chi connectivity index (χ2n) is 7.14. The van der Waals surface area contributed by atoms with Gasteiger partial charge in [-0.05, 0) is 36.2 Å². The van der Waals surface area contributed by atoms with Gasteiger partial charge in [-0.2, -0.15) is 0 Å². The standard InChI is InChI=1S/C21H30N4O4S/c1-3-24-30(26,27)20-11-13-25(16-20)21(22-12-10-19-5-4-14-29-19)23-15-17-6-8-18(28-2)9-7-17/h4-9,14,20,24H,3,10-13,15-16H2,1-2H3,(H,22,23). The van der Waals surface area contributed by atoms with Crippen LogP contribution in [-0.2, 0) is 23.0 Å². The Balaban J connectivity index is 1.68. The fraction of sp³-hybridized carbons (Fsp3) is 0.476. The van der Waals surface area contributed by atoms with Crippen LogP contribution in [0.3, 0.4) is 0 Å². The number of nitrogens with zero attached hydrogens (tertiary/aromatic N) is 2. The van der Waals surface area contributed by atoms with E-state index in [4.69, 9.17) is 14.1 Å². The van der Waals surface area contributed by atoms with Crippen molar-refractivity contribution in [2.75, 3.05) is 33.3 Å². The molecule has 1 fully saturated rings. The first-order chi connectivity index (χ1) is 14.5. The number of hydrogen-bond donors (Lipinski definition) is 2. The van der Waals surface area contributed by atoms with Gasteiger partial charge in [-0.3, -0.25) is 0 Å². The molecule has 0 saturated carbocycles. The first-order valence-electron chi connectivity index (χ1n) is 10.2. The average molecular weight is 435 g/mol. The molecule has 3 rings (SSSR count). The van der Waals surface area contributed by atoms with E-state index in [1.165, 1.54) is 0 Å². The molecular weight excluding hydrogens is 404 g/mol. The number of benzene rings is 1. The van der Waals surface area contributed by atoms with E-state index in [2.05, 4.69) is 10.0 Å². The second-order valence-corrected chi connectivity index (χ2v) is 9.19. The smallest absolute Gasteiger partial charge is 0.216 e. The SMILES string of the molecule is CCNS(=O)(=O)C1CCN(C(=NCc2ccc(OC)cc2)NCCc2ccco2)C1. The Morgan fingerprint density at radius 1 is 1.30 bits per heavy atom. The lowest BCUT2D eigenvalue weighted by atomic mass is 10.2. The third-order valence-electron chi connectivity index (χ3n) is 5.03. The lowest BCUT2D eigenvalue weighted by Gasteiger charge is -2.22. The van der Waals surface area contributed by atoms with E-state index < -0.39 is 15.3 Å². The lowest BCUT2D eigenvalue weighted by molar-refractivity contribution is 0.414. The molecule has 0 bridgehead atoms. The summed E-state index contributed by atoms with van der Waals surface area (Å²) >= 11 is 0. The van der Waals surface area contributed by atoms with Crippen molar-refractivity contribution < 1.29 is 17.6 Å². The molecule has 164 valence electrons. The minimum Gasteiger partial charge on any atom is -0.497 e. The Bertz CT molecular complexity index is 911. The molecule has 1 unspecified atom stereocenters. The Kier molecular flexibility index (Phi) is 7.75. The topological polar surface area (TPSA) is 96.2 Å². The molecule has 2 N–H and O–H groups in total. The molecule has 1 aromatic carbocycles. The molecule has 0 amide bonds. The lowest BCUT2D eigenvalue weighted by Crippen LogP contribution is -2.43. The molecule has 9 heteroatoms. The highest BCUT2D eigenvalue weighted by Crippen LogP contribution is 2.17. The minimum atomic E-state index is -3.31. The van der Waals surface area contributed by atoms with E-state index in [-0.39, 0.29) is 0 Å². The predicted molar refractivity (Wildman–Crippen MR) is 117 cm³/mol. The molecule has 2 heterocycles. The van der Waals surface area contributed by atoms with Gasteiger partial charge in [0.2, 0.25) is 10.0 Å². The number of guanidine groups is 1. The highest BCUT2D eigenvalue weighted by molar-refractivity contribution is 7.90. The van der Waals surface area contributed by atoms with E-state index in [0.29, 0.717) is 45.1 Å². The summed E-state index contributed by atoms with van der Waals surface area (Å²) in [6.45, 7) is 4.40. The number of ether oxygens (including phenoxy) is 1. The van der Waals surface area contributed by atoms with E-state index in [9.17, 15) is 8.42 Å². The second kappa shape index (κ2) is 10.5. The number of sulfonamides is 1. The number of likely N-dealkylation sites (tertiary alicyclic amines) is 1. The van der Waals surface area contributed by atoms with Crippen LogP contribution >= 0.6 is 0 Å². The van der Waals surface area contributed by atoms with Gasteiger partial charge in [0, 0.05) is 32.6 Å². The molecule has 1 atom stereocenters. The van der Waals surface area contributed by atoms with E-state index in [1.807, 2.05) is 41.3 Å². The van der Waals surface area contributed by atoms with Gasteiger partial charge in [-0.15, -0.1) is 0 Å². The summed E-state index contributed by atoms with van der Waals surface area (Å²) in [5.74, 6) is 2.41. The number of aliphatic imine (C=N–C) groups is 1. The summed E-state index contributed by atoms with van der Waals surface area (Å²) in [5, 5.41) is 2.94. The number of hydrogen-bond acceptors (Lipinski definition) is 5. The summed E-state index contributed by atoms with van der Waals surface area (Å²) in [5.41, 5.74) is 1.05. The quantitative estimate of drug-likeness (QED) is 0.463. The van der Waals surface area contributed by atoms with Gasteiger partial charge >= 0.3 is 0 Å². The maximum absolute atomic E-state index is 12.4. The van der Waals surface area contributed by atoms with Crippen molar-refractivity contribution in [2.24, 2.45) is 4.99 Å². The summed E-state index contributed by atoms with van der Waals surface area (Å²) in [6.07, 6.45) is 2.96. The van der Waals surface area contributed by atoms with Crippen LogP contribution in [0.2, 0.25) is 0 Å². The Hall–Kier alpha value is -2.52. The monoisotopic (exact) mass is 434 g/mol. The van der Waals surface area contributed by atoms with Crippen LogP contribution in [0.5, 0.6) is 5.75 Å². The van der Waals surface area contributed by atoms with E-state index in [0.717, 1.165) is 23.5 Å². The first kappa shape index (κ1) is 22.2. The zero-order valence-corrected chi connectivity index (χ0v) is 18.3. The van der Waals surface area contributed by atoms with Crippen LogP contribution in [0.4, 0.5) is 0 Å².